The van der Waals surface area contributed by atoms with Crippen LogP contribution in [-0.4, -0.2) is 62.8 Å². The van der Waals surface area contributed by atoms with E-state index in [1.807, 2.05) is 9.58 Å². The fraction of sp³-hybridized carbons (Fsp3) is 0.684. The van der Waals surface area contributed by atoms with Gasteiger partial charge in [0.05, 0.1) is 30.7 Å². The molecule has 0 saturated carbocycles. The van der Waals surface area contributed by atoms with Gasteiger partial charge in [-0.25, -0.2) is 4.98 Å². The summed E-state index contributed by atoms with van der Waals surface area (Å²) in [4.78, 5) is 19.4. The fourth-order valence-corrected chi connectivity index (χ4v) is 4.38. The zero-order valence-electron chi connectivity index (χ0n) is 16.8. The lowest BCUT2D eigenvalue weighted by Gasteiger charge is -2.28. The van der Waals surface area contributed by atoms with E-state index in [0.717, 1.165) is 48.1 Å². The molecule has 1 atom stereocenters. The second-order valence-corrected chi connectivity index (χ2v) is 9.30. The van der Waals surface area contributed by atoms with Crippen molar-refractivity contribution in [3.8, 4) is 0 Å². The molecule has 2 aliphatic rings. The van der Waals surface area contributed by atoms with E-state index in [1.54, 1.807) is 6.20 Å². The quantitative estimate of drug-likeness (QED) is 0.841. The number of amides is 1. The molecule has 2 aliphatic heterocycles. The number of anilines is 1. The van der Waals surface area contributed by atoms with Crippen molar-refractivity contribution in [1.82, 2.24) is 24.0 Å². The van der Waals surface area contributed by atoms with Crippen LogP contribution in [0.3, 0.4) is 0 Å². The molecule has 1 amide bonds. The summed E-state index contributed by atoms with van der Waals surface area (Å²) in [6, 6.07) is 0. The number of carbonyl (C=O) groups is 1. The third kappa shape index (κ3) is 4.05. The predicted molar refractivity (Wildman–Crippen MR) is 108 cm³/mol. The molecular formula is C19H28N6O2S. The number of morpholine rings is 1. The van der Waals surface area contributed by atoms with Gasteiger partial charge in [-0.1, -0.05) is 20.8 Å². The lowest BCUT2D eigenvalue weighted by atomic mass is 9.94. The molecule has 4 heterocycles. The highest BCUT2D eigenvalue weighted by molar-refractivity contribution is 7.09. The Kier molecular flexibility index (Phi) is 5.37. The Labute approximate surface area is 169 Å². The summed E-state index contributed by atoms with van der Waals surface area (Å²) in [5, 5.41) is 8.77. The Morgan fingerprint density at radius 1 is 1.32 bits per heavy atom. The van der Waals surface area contributed by atoms with Gasteiger partial charge in [0.1, 0.15) is 5.82 Å². The third-order valence-corrected chi connectivity index (χ3v) is 6.02. The van der Waals surface area contributed by atoms with Gasteiger partial charge in [-0.05, 0) is 18.8 Å². The maximum atomic E-state index is 12.9. The van der Waals surface area contributed by atoms with E-state index >= 15 is 0 Å². The highest BCUT2D eigenvalue weighted by Gasteiger charge is 2.28. The van der Waals surface area contributed by atoms with Crippen molar-refractivity contribution in [2.24, 2.45) is 5.92 Å². The maximum Gasteiger partial charge on any atom is 0.257 e. The zero-order chi connectivity index (χ0) is 19.7. The van der Waals surface area contributed by atoms with Gasteiger partial charge in [-0.15, -0.1) is 0 Å². The Hall–Kier alpha value is -2.00. The van der Waals surface area contributed by atoms with Crippen molar-refractivity contribution in [2.75, 3.05) is 38.2 Å². The highest BCUT2D eigenvalue weighted by atomic mass is 32.1. The molecule has 0 aromatic carbocycles. The zero-order valence-corrected chi connectivity index (χ0v) is 17.6. The Morgan fingerprint density at radius 3 is 2.82 bits per heavy atom. The molecule has 2 aromatic heterocycles. The van der Waals surface area contributed by atoms with Gasteiger partial charge >= 0.3 is 0 Å². The molecule has 9 heteroatoms. The summed E-state index contributed by atoms with van der Waals surface area (Å²) < 4.78 is 11.8. The maximum absolute atomic E-state index is 12.9. The van der Waals surface area contributed by atoms with E-state index < -0.39 is 0 Å². The standard InChI is InChI=1S/C19H28N6O2S/c1-19(2,3)17-22-18(28-23-17)20-11-13-4-5-25-15(10-13)14(12-21-25)16(26)24-6-8-27-9-7-24/h12-13H,4-11H2,1-3H3,(H,20,22,23). The van der Waals surface area contributed by atoms with E-state index in [1.165, 1.54) is 11.5 Å². The molecule has 4 rings (SSSR count). The van der Waals surface area contributed by atoms with E-state index in [0.29, 0.717) is 32.2 Å². The van der Waals surface area contributed by atoms with Crippen molar-refractivity contribution < 1.29 is 9.53 Å². The van der Waals surface area contributed by atoms with Gasteiger partial charge in [-0.3, -0.25) is 9.48 Å². The van der Waals surface area contributed by atoms with Crippen molar-refractivity contribution in [3.63, 3.8) is 0 Å². The minimum Gasteiger partial charge on any atom is -0.378 e. The van der Waals surface area contributed by atoms with Gasteiger partial charge in [0.2, 0.25) is 5.13 Å². The topological polar surface area (TPSA) is 85.2 Å². The lowest BCUT2D eigenvalue weighted by Crippen LogP contribution is -2.41. The largest absolute Gasteiger partial charge is 0.378 e. The van der Waals surface area contributed by atoms with Crippen LogP contribution in [0.2, 0.25) is 0 Å². The van der Waals surface area contributed by atoms with Crippen molar-refractivity contribution in [3.05, 3.63) is 23.3 Å². The summed E-state index contributed by atoms with van der Waals surface area (Å²) in [5.41, 5.74) is 1.77. The van der Waals surface area contributed by atoms with Crippen LogP contribution >= 0.6 is 11.5 Å². The van der Waals surface area contributed by atoms with E-state index in [4.69, 9.17) is 4.74 Å². The second kappa shape index (κ2) is 7.79. The third-order valence-electron chi connectivity index (χ3n) is 5.35. The van der Waals surface area contributed by atoms with Crippen LogP contribution in [0.1, 0.15) is 49.1 Å². The molecule has 1 fully saturated rings. The molecular weight excluding hydrogens is 376 g/mol. The van der Waals surface area contributed by atoms with Crippen LogP contribution in [0.4, 0.5) is 5.13 Å². The molecule has 0 radical (unpaired) electrons. The van der Waals surface area contributed by atoms with Crippen LogP contribution in [0.15, 0.2) is 6.20 Å². The normalized spacial score (nSPS) is 20.1. The van der Waals surface area contributed by atoms with Gasteiger partial charge in [0, 0.05) is 43.1 Å². The molecule has 8 nitrogen and oxygen atoms in total. The van der Waals surface area contributed by atoms with Crippen LogP contribution < -0.4 is 5.32 Å². The monoisotopic (exact) mass is 404 g/mol. The molecule has 0 bridgehead atoms. The van der Waals surface area contributed by atoms with Gasteiger partial charge < -0.3 is 15.0 Å². The average Bonchev–Trinajstić information content (AvgIpc) is 3.33. The van der Waals surface area contributed by atoms with E-state index in [9.17, 15) is 4.79 Å². The van der Waals surface area contributed by atoms with Crippen molar-refractivity contribution in [2.45, 2.75) is 45.6 Å². The number of rotatable bonds is 4. The minimum absolute atomic E-state index is 0.0392. The van der Waals surface area contributed by atoms with Gasteiger partial charge in [-0.2, -0.15) is 9.47 Å². The SMILES string of the molecule is CC(C)(C)c1nsc(NCC2CCn3ncc(C(=O)N4CCOCC4)c3C2)n1. The molecule has 0 spiro atoms. The Morgan fingerprint density at radius 2 is 2.11 bits per heavy atom. The number of hydrogen-bond acceptors (Lipinski definition) is 7. The van der Waals surface area contributed by atoms with Crippen molar-refractivity contribution >= 4 is 22.6 Å². The molecule has 0 aliphatic carbocycles. The van der Waals surface area contributed by atoms with Crippen LogP contribution in [-0.2, 0) is 23.1 Å². The number of ether oxygens (including phenoxy) is 1. The fourth-order valence-electron chi connectivity index (χ4n) is 3.62. The molecule has 2 aromatic rings. The van der Waals surface area contributed by atoms with Gasteiger partial charge in [0.25, 0.3) is 5.91 Å². The summed E-state index contributed by atoms with van der Waals surface area (Å²) in [5.74, 6) is 1.40. The van der Waals surface area contributed by atoms with Crippen molar-refractivity contribution in [1.29, 1.82) is 0 Å². The number of fused-ring (bicyclic) bond motifs is 1. The first-order valence-corrected chi connectivity index (χ1v) is 10.7. The first kappa shape index (κ1) is 19.3. The molecule has 152 valence electrons. The Balaban J connectivity index is 1.39. The van der Waals surface area contributed by atoms with E-state index in [2.05, 4.69) is 40.5 Å². The van der Waals surface area contributed by atoms with E-state index in [-0.39, 0.29) is 11.3 Å². The lowest BCUT2D eigenvalue weighted by molar-refractivity contribution is 0.0301. The molecule has 1 unspecified atom stereocenters. The second-order valence-electron chi connectivity index (χ2n) is 8.55. The first-order chi connectivity index (χ1) is 13.4. The minimum atomic E-state index is -0.0392. The number of aryl methyl sites for hydroxylation is 1. The average molecular weight is 405 g/mol. The Bertz CT molecular complexity index is 834. The molecule has 28 heavy (non-hydrogen) atoms. The molecule has 1 N–H and O–H groups in total. The predicted octanol–water partition coefficient (Wildman–Crippen LogP) is 2.18. The number of nitrogens with zero attached hydrogens (tertiary/aromatic N) is 5. The summed E-state index contributed by atoms with van der Waals surface area (Å²) in [6.45, 7) is 10.6. The number of carbonyl (C=O) groups excluding carboxylic acids is 1. The van der Waals surface area contributed by atoms with Crippen LogP contribution in [0, 0.1) is 5.92 Å². The summed E-state index contributed by atoms with van der Waals surface area (Å²) in [7, 11) is 0. The van der Waals surface area contributed by atoms with Crippen LogP contribution in [0.25, 0.3) is 0 Å². The van der Waals surface area contributed by atoms with Crippen LogP contribution in [0.5, 0.6) is 0 Å². The number of aromatic nitrogens is 4. The van der Waals surface area contributed by atoms with Gasteiger partial charge in [0.15, 0.2) is 0 Å². The molecule has 1 saturated heterocycles. The summed E-state index contributed by atoms with van der Waals surface area (Å²) in [6.07, 6.45) is 3.63. The first-order valence-electron chi connectivity index (χ1n) is 9.91. The number of hydrogen-bond donors (Lipinski definition) is 1. The summed E-state index contributed by atoms with van der Waals surface area (Å²) >= 11 is 1.42. The smallest absolute Gasteiger partial charge is 0.257 e. The highest BCUT2D eigenvalue weighted by Crippen LogP contribution is 2.26. The number of nitrogens with one attached hydrogen (secondary N) is 1.